The Morgan fingerprint density at radius 3 is 0.909 bits per heavy atom. The van der Waals surface area contributed by atoms with Crippen LogP contribution in [0, 0.1) is 0 Å². The maximum absolute atomic E-state index is 11.2. The maximum Gasteiger partial charge on any atom is 0.255 e. The fraction of sp³-hybridized carbons (Fsp3) is 0.966. The topological polar surface area (TPSA) is 40.5 Å². The minimum atomic E-state index is -0.181. The molecule has 0 saturated heterocycles. The number of hydrogen-bond acceptors (Lipinski definition) is 2. The van der Waals surface area contributed by atoms with E-state index >= 15 is 0 Å². The Morgan fingerprint density at radius 2 is 0.697 bits per heavy atom. The number of nitrogens with zero attached hydrogens (tertiary/aromatic N) is 1. The maximum atomic E-state index is 11.2. The molecule has 198 valence electrons. The lowest BCUT2D eigenvalue weighted by Gasteiger charge is -2.05. The van der Waals surface area contributed by atoms with Crippen molar-refractivity contribution in [2.75, 3.05) is 0 Å². The molecular formula is C29H58INO2. The van der Waals surface area contributed by atoms with E-state index in [0.717, 1.165) is 12.8 Å². The monoisotopic (exact) mass is 579 g/mol. The number of halogens is 1. The first kappa shape index (κ1) is 33.2. The first-order valence-corrected chi connectivity index (χ1v) is 15.8. The molecule has 0 saturated carbocycles. The Balaban J connectivity index is 3.05. The van der Waals surface area contributed by atoms with Crippen LogP contribution in [-0.2, 0) is 4.79 Å². The number of hydrogen-bond donors (Lipinski definition) is 1. The molecular weight excluding hydrogens is 521 g/mol. The van der Waals surface area contributed by atoms with Crippen molar-refractivity contribution in [2.24, 2.45) is 0 Å². The molecule has 0 heterocycles. The van der Waals surface area contributed by atoms with Crippen LogP contribution in [0.5, 0.6) is 0 Å². The molecule has 0 atom stereocenters. The van der Waals surface area contributed by atoms with Gasteiger partial charge in [0.2, 0.25) is 0 Å². The van der Waals surface area contributed by atoms with Gasteiger partial charge in [0.05, 0.1) is 22.9 Å². The summed E-state index contributed by atoms with van der Waals surface area (Å²) >= 11 is 1.62. The van der Waals surface area contributed by atoms with Crippen LogP contribution in [0.15, 0.2) is 0 Å². The molecule has 0 aliphatic rings. The number of carbonyl (C=O) groups is 1. The zero-order chi connectivity index (χ0) is 24.2. The van der Waals surface area contributed by atoms with Gasteiger partial charge in [-0.25, -0.2) is 0 Å². The summed E-state index contributed by atoms with van der Waals surface area (Å²) in [6, 6.07) is 0. The first-order chi connectivity index (χ1) is 16.2. The van der Waals surface area contributed by atoms with E-state index in [0.29, 0.717) is 9.70 Å². The van der Waals surface area contributed by atoms with Crippen LogP contribution < -0.4 is 0 Å². The van der Waals surface area contributed by atoms with Crippen molar-refractivity contribution in [1.29, 1.82) is 0 Å². The van der Waals surface area contributed by atoms with Crippen LogP contribution in [0.3, 0.4) is 0 Å². The average Bonchev–Trinajstić information content (AvgIpc) is 2.81. The number of unbranched alkanes of at least 4 members (excludes halogenated alkanes) is 25. The Bertz CT molecular complexity index is 390. The number of rotatable bonds is 27. The average molecular weight is 580 g/mol. The van der Waals surface area contributed by atoms with Crippen LogP contribution in [0.25, 0.3) is 0 Å². The SMILES string of the molecule is CCCCCCCCCCCCCCCCCCCCCCCCCCCCC(=O)N(O)I. The Kier molecular flexibility index (Phi) is 28.5. The van der Waals surface area contributed by atoms with Gasteiger partial charge < -0.3 is 0 Å². The quantitative estimate of drug-likeness (QED) is 0.0346. The van der Waals surface area contributed by atoms with Crippen LogP contribution in [0.2, 0.25) is 0 Å². The van der Waals surface area contributed by atoms with E-state index in [1.807, 2.05) is 0 Å². The van der Waals surface area contributed by atoms with Gasteiger partial charge in [-0.05, 0) is 6.42 Å². The van der Waals surface area contributed by atoms with Crippen molar-refractivity contribution >= 4 is 28.8 Å². The van der Waals surface area contributed by atoms with Crippen LogP contribution >= 0.6 is 22.9 Å². The van der Waals surface area contributed by atoms with Gasteiger partial charge in [0.15, 0.2) is 0 Å². The molecule has 0 aromatic heterocycles. The lowest BCUT2D eigenvalue weighted by molar-refractivity contribution is -0.141. The highest BCUT2D eigenvalue weighted by molar-refractivity contribution is 14.1. The summed E-state index contributed by atoms with van der Waals surface area (Å²) in [6.07, 6.45) is 36.6. The van der Waals surface area contributed by atoms with Crippen molar-refractivity contribution < 1.29 is 10.0 Å². The van der Waals surface area contributed by atoms with Crippen LogP contribution in [-0.4, -0.2) is 14.4 Å². The molecule has 0 unspecified atom stereocenters. The zero-order valence-corrected chi connectivity index (χ0v) is 24.4. The number of hydroxylamine groups is 1. The largest absolute Gasteiger partial charge is 0.276 e. The molecule has 0 aromatic carbocycles. The molecule has 0 spiro atoms. The second-order valence-electron chi connectivity index (χ2n) is 10.2. The molecule has 0 bridgehead atoms. The molecule has 3 nitrogen and oxygen atoms in total. The summed E-state index contributed by atoms with van der Waals surface area (Å²) in [7, 11) is 0. The van der Waals surface area contributed by atoms with Crippen molar-refractivity contribution in [1.82, 2.24) is 3.28 Å². The number of amides is 1. The van der Waals surface area contributed by atoms with Gasteiger partial charge >= 0.3 is 0 Å². The molecule has 1 amide bonds. The third-order valence-corrected chi connectivity index (χ3v) is 7.49. The molecule has 0 radical (unpaired) electrons. The molecule has 0 rings (SSSR count). The predicted octanol–water partition coefficient (Wildman–Crippen LogP) is 11.1. The Labute approximate surface area is 221 Å². The summed E-state index contributed by atoms with van der Waals surface area (Å²) in [5.74, 6) is -0.181. The second kappa shape index (κ2) is 28.4. The molecule has 33 heavy (non-hydrogen) atoms. The Morgan fingerprint density at radius 1 is 0.485 bits per heavy atom. The fourth-order valence-electron chi connectivity index (χ4n) is 4.68. The lowest BCUT2D eigenvalue weighted by Crippen LogP contribution is -2.15. The minimum absolute atomic E-state index is 0.181. The van der Waals surface area contributed by atoms with E-state index in [2.05, 4.69) is 6.92 Å². The summed E-state index contributed by atoms with van der Waals surface area (Å²) in [5.41, 5.74) is 0. The van der Waals surface area contributed by atoms with E-state index < -0.39 is 0 Å². The predicted molar refractivity (Wildman–Crippen MR) is 153 cm³/mol. The second-order valence-corrected chi connectivity index (χ2v) is 11.2. The van der Waals surface area contributed by atoms with E-state index in [9.17, 15) is 4.79 Å². The lowest BCUT2D eigenvalue weighted by atomic mass is 10.0. The smallest absolute Gasteiger partial charge is 0.255 e. The van der Waals surface area contributed by atoms with Crippen molar-refractivity contribution in [3.63, 3.8) is 0 Å². The van der Waals surface area contributed by atoms with Gasteiger partial charge in [0.1, 0.15) is 0 Å². The fourth-order valence-corrected chi connectivity index (χ4v) is 4.93. The molecule has 0 aliphatic heterocycles. The van der Waals surface area contributed by atoms with E-state index in [-0.39, 0.29) is 5.91 Å². The van der Waals surface area contributed by atoms with Crippen molar-refractivity contribution in [3.8, 4) is 0 Å². The van der Waals surface area contributed by atoms with Crippen molar-refractivity contribution in [3.05, 3.63) is 0 Å². The van der Waals surface area contributed by atoms with Gasteiger partial charge in [-0.3, -0.25) is 10.0 Å². The number of carbonyl (C=O) groups excluding carboxylic acids is 1. The molecule has 1 N–H and O–H groups in total. The minimum Gasteiger partial charge on any atom is -0.276 e. The van der Waals surface area contributed by atoms with Gasteiger partial charge in [-0.2, -0.15) is 3.28 Å². The van der Waals surface area contributed by atoms with Crippen LogP contribution in [0.1, 0.15) is 180 Å². The third-order valence-electron chi connectivity index (χ3n) is 6.95. The third kappa shape index (κ3) is 28.3. The van der Waals surface area contributed by atoms with Gasteiger partial charge in [-0.1, -0.05) is 167 Å². The summed E-state index contributed by atoms with van der Waals surface area (Å²) in [5, 5.41) is 8.98. The van der Waals surface area contributed by atoms with Gasteiger partial charge in [0, 0.05) is 6.42 Å². The standard InChI is InChI=1S/C29H58INO2/c1-2-3-4-5-6-7-8-9-10-11-12-13-14-15-16-17-18-19-20-21-22-23-24-25-26-27-28-29(32)31(30)33/h33H,2-28H2,1H3. The van der Waals surface area contributed by atoms with E-state index in [1.54, 1.807) is 22.9 Å². The van der Waals surface area contributed by atoms with Gasteiger partial charge in [-0.15, -0.1) is 0 Å². The molecule has 0 aliphatic carbocycles. The molecule has 0 aromatic rings. The highest BCUT2D eigenvalue weighted by atomic mass is 127. The zero-order valence-electron chi connectivity index (χ0n) is 22.3. The normalized spacial score (nSPS) is 11.2. The highest BCUT2D eigenvalue weighted by Crippen LogP contribution is 2.16. The van der Waals surface area contributed by atoms with E-state index in [4.69, 9.17) is 5.21 Å². The van der Waals surface area contributed by atoms with Crippen LogP contribution in [0.4, 0.5) is 0 Å². The first-order valence-electron chi connectivity index (χ1n) is 14.9. The van der Waals surface area contributed by atoms with Crippen molar-refractivity contribution in [2.45, 2.75) is 180 Å². The summed E-state index contributed by atoms with van der Waals surface area (Å²) in [4.78, 5) is 11.2. The molecule has 4 heteroatoms. The van der Waals surface area contributed by atoms with Gasteiger partial charge in [0.25, 0.3) is 5.91 Å². The Hall–Kier alpha value is 0.160. The molecule has 0 fully saturated rings. The summed E-state index contributed by atoms with van der Waals surface area (Å²) in [6.45, 7) is 2.30. The van der Waals surface area contributed by atoms with E-state index in [1.165, 1.54) is 154 Å². The highest BCUT2D eigenvalue weighted by Gasteiger charge is 2.05. The summed E-state index contributed by atoms with van der Waals surface area (Å²) < 4.78 is 0.678.